The van der Waals surface area contributed by atoms with E-state index in [1.165, 1.54) is 0 Å². The molecule has 3 aromatic carbocycles. The highest BCUT2D eigenvalue weighted by molar-refractivity contribution is 6.05. The molecule has 0 aliphatic heterocycles. The minimum absolute atomic E-state index is 0.146. The Morgan fingerprint density at radius 3 is 2.27 bits per heavy atom. The summed E-state index contributed by atoms with van der Waals surface area (Å²) in [5, 5.41) is 15.5. The molecule has 3 N–H and O–H groups in total. The molecule has 0 radical (unpaired) electrons. The predicted octanol–water partition coefficient (Wildman–Crippen LogP) is 4.16. The van der Waals surface area contributed by atoms with Crippen molar-refractivity contribution < 1.29 is 19.4 Å². The summed E-state index contributed by atoms with van der Waals surface area (Å²) in [6.07, 6.45) is -0.250. The van der Waals surface area contributed by atoms with Crippen LogP contribution in [0.5, 0.6) is 5.75 Å². The molecule has 0 saturated carbocycles. The first-order valence-electron chi connectivity index (χ1n) is 10.8. The molecule has 0 aliphatic rings. The molecule has 2 amide bonds. The zero-order valence-corrected chi connectivity index (χ0v) is 18.8. The Kier molecular flexibility index (Phi) is 8.43. The van der Waals surface area contributed by atoms with Gasteiger partial charge in [0.15, 0.2) is 0 Å². The third-order valence-corrected chi connectivity index (χ3v) is 5.00. The second-order valence-corrected chi connectivity index (χ2v) is 7.66. The minimum Gasteiger partial charge on any atom is -0.495 e. The molecule has 172 valence electrons. The zero-order valence-electron chi connectivity index (χ0n) is 18.8. The van der Waals surface area contributed by atoms with Crippen LogP contribution in [0.1, 0.15) is 23.7 Å². The minimum atomic E-state index is -0.511. The number of carbonyl (C=O) groups is 2. The van der Waals surface area contributed by atoms with Gasteiger partial charge in [-0.25, -0.2) is 0 Å². The number of amides is 2. The number of aliphatic hydroxyl groups is 1. The molecular formula is C26H29N3O4. The highest BCUT2D eigenvalue weighted by Crippen LogP contribution is 2.24. The van der Waals surface area contributed by atoms with E-state index in [1.807, 2.05) is 47.4 Å². The fourth-order valence-electron chi connectivity index (χ4n) is 3.39. The van der Waals surface area contributed by atoms with Crippen LogP contribution in [0.3, 0.4) is 0 Å². The van der Waals surface area contributed by atoms with Gasteiger partial charge in [-0.05, 0) is 55.5 Å². The molecule has 0 fully saturated rings. The molecule has 0 saturated heterocycles. The van der Waals surface area contributed by atoms with Crippen LogP contribution in [-0.4, -0.2) is 43.2 Å². The SMILES string of the molecule is COc1ccccc1NC(=O)c1ccc(NC(=O)CCN(CC(C)O)c2ccccc2)cc1. The van der Waals surface area contributed by atoms with Gasteiger partial charge in [0.2, 0.25) is 5.91 Å². The number of hydrogen-bond donors (Lipinski definition) is 3. The van der Waals surface area contributed by atoms with Crippen LogP contribution in [0.2, 0.25) is 0 Å². The summed E-state index contributed by atoms with van der Waals surface area (Å²) >= 11 is 0. The third-order valence-electron chi connectivity index (χ3n) is 5.00. The second-order valence-electron chi connectivity index (χ2n) is 7.66. The maximum Gasteiger partial charge on any atom is 0.255 e. The van der Waals surface area contributed by atoms with E-state index < -0.39 is 6.10 Å². The van der Waals surface area contributed by atoms with Crippen LogP contribution in [0.4, 0.5) is 17.1 Å². The van der Waals surface area contributed by atoms with E-state index >= 15 is 0 Å². The van der Waals surface area contributed by atoms with E-state index in [9.17, 15) is 14.7 Å². The van der Waals surface area contributed by atoms with Crippen LogP contribution in [-0.2, 0) is 4.79 Å². The van der Waals surface area contributed by atoms with Crippen molar-refractivity contribution in [3.63, 3.8) is 0 Å². The van der Waals surface area contributed by atoms with Gasteiger partial charge in [-0.15, -0.1) is 0 Å². The molecule has 1 atom stereocenters. The molecule has 7 nitrogen and oxygen atoms in total. The Bertz CT molecular complexity index is 1050. The van der Waals surface area contributed by atoms with E-state index in [-0.39, 0.29) is 18.2 Å². The summed E-state index contributed by atoms with van der Waals surface area (Å²) in [6.45, 7) is 2.63. The largest absolute Gasteiger partial charge is 0.495 e. The van der Waals surface area contributed by atoms with Crippen LogP contribution in [0.15, 0.2) is 78.9 Å². The number of aliphatic hydroxyl groups excluding tert-OH is 1. The molecule has 0 aromatic heterocycles. The summed E-state index contributed by atoms with van der Waals surface area (Å²) in [5.41, 5.74) is 2.61. The van der Waals surface area contributed by atoms with Gasteiger partial charge in [-0.2, -0.15) is 0 Å². The maximum atomic E-state index is 12.5. The molecule has 0 aliphatic carbocycles. The Balaban J connectivity index is 1.55. The highest BCUT2D eigenvalue weighted by atomic mass is 16.5. The summed E-state index contributed by atoms with van der Waals surface area (Å²) < 4.78 is 5.25. The van der Waals surface area contributed by atoms with Crippen molar-refractivity contribution in [2.24, 2.45) is 0 Å². The number of rotatable bonds is 10. The fourth-order valence-corrected chi connectivity index (χ4v) is 3.39. The lowest BCUT2D eigenvalue weighted by Crippen LogP contribution is -2.33. The topological polar surface area (TPSA) is 90.9 Å². The summed E-state index contributed by atoms with van der Waals surface area (Å²) in [5.74, 6) is 0.164. The van der Waals surface area contributed by atoms with Crippen molar-refractivity contribution in [1.29, 1.82) is 0 Å². The number of para-hydroxylation sites is 3. The fraction of sp³-hybridized carbons (Fsp3) is 0.231. The number of methoxy groups -OCH3 is 1. The molecular weight excluding hydrogens is 418 g/mol. The zero-order chi connectivity index (χ0) is 23.6. The van der Waals surface area contributed by atoms with Crippen LogP contribution in [0.25, 0.3) is 0 Å². The number of benzene rings is 3. The first-order valence-corrected chi connectivity index (χ1v) is 10.8. The summed E-state index contributed by atoms with van der Waals surface area (Å²) in [6, 6.07) is 23.6. The molecule has 0 bridgehead atoms. The van der Waals surface area contributed by atoms with Gasteiger partial charge >= 0.3 is 0 Å². The molecule has 33 heavy (non-hydrogen) atoms. The smallest absolute Gasteiger partial charge is 0.255 e. The predicted molar refractivity (Wildman–Crippen MR) is 131 cm³/mol. The lowest BCUT2D eigenvalue weighted by molar-refractivity contribution is -0.116. The van der Waals surface area contributed by atoms with E-state index in [4.69, 9.17) is 4.74 Å². The number of hydrogen-bond acceptors (Lipinski definition) is 5. The van der Waals surface area contributed by atoms with Crippen LogP contribution in [0, 0.1) is 0 Å². The van der Waals surface area contributed by atoms with Gasteiger partial charge in [-0.1, -0.05) is 30.3 Å². The maximum absolute atomic E-state index is 12.5. The average molecular weight is 448 g/mol. The number of nitrogens with zero attached hydrogens (tertiary/aromatic N) is 1. The van der Waals surface area contributed by atoms with Crippen molar-refractivity contribution in [2.75, 3.05) is 35.7 Å². The normalized spacial score (nSPS) is 11.4. The second kappa shape index (κ2) is 11.7. The quantitative estimate of drug-likeness (QED) is 0.434. The molecule has 7 heteroatoms. The number of carbonyl (C=O) groups excluding carboxylic acids is 2. The summed E-state index contributed by atoms with van der Waals surface area (Å²) in [4.78, 5) is 27.0. The average Bonchev–Trinajstić information content (AvgIpc) is 2.83. The molecule has 1 unspecified atom stereocenters. The van der Waals surface area contributed by atoms with E-state index in [1.54, 1.807) is 50.4 Å². The Morgan fingerprint density at radius 2 is 1.61 bits per heavy atom. The van der Waals surface area contributed by atoms with Gasteiger partial charge in [0.05, 0.1) is 18.9 Å². The Labute approximate surface area is 194 Å². The Morgan fingerprint density at radius 1 is 0.939 bits per heavy atom. The van der Waals surface area contributed by atoms with Crippen LogP contribution >= 0.6 is 0 Å². The number of ether oxygens (including phenoxy) is 1. The molecule has 0 heterocycles. The van der Waals surface area contributed by atoms with Crippen molar-refractivity contribution in [1.82, 2.24) is 0 Å². The highest BCUT2D eigenvalue weighted by Gasteiger charge is 2.13. The lowest BCUT2D eigenvalue weighted by Gasteiger charge is -2.26. The van der Waals surface area contributed by atoms with E-state index in [0.29, 0.717) is 35.8 Å². The van der Waals surface area contributed by atoms with Gasteiger partial charge in [-0.3, -0.25) is 9.59 Å². The van der Waals surface area contributed by atoms with E-state index in [2.05, 4.69) is 10.6 Å². The van der Waals surface area contributed by atoms with Crippen molar-refractivity contribution in [2.45, 2.75) is 19.4 Å². The first kappa shape index (κ1) is 23.8. The van der Waals surface area contributed by atoms with Gasteiger partial charge in [0.1, 0.15) is 5.75 Å². The van der Waals surface area contributed by atoms with Crippen LogP contribution < -0.4 is 20.3 Å². The molecule has 3 aromatic rings. The third kappa shape index (κ3) is 7.08. The van der Waals surface area contributed by atoms with Gasteiger partial charge in [0, 0.05) is 36.4 Å². The summed E-state index contributed by atoms with van der Waals surface area (Å²) in [7, 11) is 1.55. The molecule has 3 rings (SSSR count). The standard InChI is InChI=1S/C26H29N3O4/c1-19(30)18-29(22-8-4-3-5-9-22)17-16-25(31)27-21-14-12-20(13-15-21)26(32)28-23-10-6-7-11-24(23)33-2/h3-15,19,30H,16-18H2,1-2H3,(H,27,31)(H,28,32). The van der Waals surface area contributed by atoms with Gasteiger partial charge < -0.3 is 25.4 Å². The molecule has 0 spiro atoms. The van der Waals surface area contributed by atoms with Crippen molar-refractivity contribution >= 4 is 28.9 Å². The van der Waals surface area contributed by atoms with Gasteiger partial charge in [0.25, 0.3) is 5.91 Å². The number of nitrogens with one attached hydrogen (secondary N) is 2. The monoisotopic (exact) mass is 447 g/mol. The number of anilines is 3. The first-order chi connectivity index (χ1) is 16.0. The van der Waals surface area contributed by atoms with Crippen molar-refractivity contribution in [3.05, 3.63) is 84.4 Å². The van der Waals surface area contributed by atoms with E-state index in [0.717, 1.165) is 5.69 Å². The van der Waals surface area contributed by atoms with Crippen molar-refractivity contribution in [3.8, 4) is 5.75 Å². The lowest BCUT2D eigenvalue weighted by atomic mass is 10.1. The Hall–Kier alpha value is -3.84.